The Morgan fingerprint density at radius 2 is 1.93 bits per heavy atom. The van der Waals surface area contributed by atoms with Gasteiger partial charge in [-0.3, -0.25) is 4.79 Å². The second-order valence-electron chi connectivity index (χ2n) is 6.45. The molecule has 1 fully saturated rings. The maximum atomic E-state index is 13.4. The first-order valence-corrected chi connectivity index (χ1v) is 8.76. The first-order chi connectivity index (χ1) is 13.1. The highest BCUT2D eigenvalue weighted by molar-refractivity contribution is 5.92. The number of aromatic nitrogens is 4. The Kier molecular flexibility index (Phi) is 4.53. The Morgan fingerprint density at radius 1 is 1.11 bits per heavy atom. The van der Waals surface area contributed by atoms with Crippen molar-refractivity contribution in [1.82, 2.24) is 24.9 Å². The van der Waals surface area contributed by atoms with Crippen LogP contribution < -0.4 is 4.90 Å². The molecule has 4 rings (SSSR count). The zero-order valence-corrected chi connectivity index (χ0v) is 14.9. The van der Waals surface area contributed by atoms with Crippen LogP contribution in [0.25, 0.3) is 5.69 Å². The molecule has 1 saturated heterocycles. The molecular formula is C19H19FN6O. The summed E-state index contributed by atoms with van der Waals surface area (Å²) in [4.78, 5) is 21.0. The molecule has 1 aliphatic rings. The first-order valence-electron chi connectivity index (χ1n) is 8.76. The quantitative estimate of drug-likeness (QED) is 0.710. The molecule has 0 bridgehead atoms. The van der Waals surface area contributed by atoms with Gasteiger partial charge in [0.25, 0.3) is 5.91 Å². The van der Waals surface area contributed by atoms with Gasteiger partial charge in [0.2, 0.25) is 0 Å². The molecule has 8 heteroatoms. The van der Waals surface area contributed by atoms with Gasteiger partial charge in [0, 0.05) is 32.4 Å². The first kappa shape index (κ1) is 17.1. The number of pyridine rings is 1. The molecule has 27 heavy (non-hydrogen) atoms. The largest absolute Gasteiger partial charge is 0.353 e. The second-order valence-corrected chi connectivity index (χ2v) is 6.45. The van der Waals surface area contributed by atoms with Crippen LogP contribution in [-0.4, -0.2) is 57.0 Å². The Balaban J connectivity index is 1.43. The third kappa shape index (κ3) is 3.51. The molecule has 0 N–H and O–H groups in total. The van der Waals surface area contributed by atoms with E-state index in [1.54, 1.807) is 36.4 Å². The summed E-state index contributed by atoms with van der Waals surface area (Å²) in [6.07, 6.45) is 3.35. The van der Waals surface area contributed by atoms with Gasteiger partial charge >= 0.3 is 0 Å². The third-order valence-electron chi connectivity index (χ3n) is 4.66. The summed E-state index contributed by atoms with van der Waals surface area (Å²) < 4.78 is 14.9. The maximum Gasteiger partial charge on any atom is 0.276 e. The van der Waals surface area contributed by atoms with Crippen molar-refractivity contribution >= 4 is 11.7 Å². The Hall–Kier alpha value is -3.29. The van der Waals surface area contributed by atoms with E-state index in [0.717, 1.165) is 5.82 Å². The number of rotatable bonds is 3. The predicted octanol–water partition coefficient (Wildman–Crippen LogP) is 2.07. The topological polar surface area (TPSA) is 67.2 Å². The molecule has 0 aliphatic carbocycles. The molecule has 0 spiro atoms. The summed E-state index contributed by atoms with van der Waals surface area (Å²) in [7, 11) is 0. The molecule has 1 aliphatic heterocycles. The van der Waals surface area contributed by atoms with Crippen LogP contribution in [0.15, 0.2) is 48.8 Å². The molecule has 2 aromatic heterocycles. The minimum atomic E-state index is -0.277. The summed E-state index contributed by atoms with van der Waals surface area (Å²) in [6, 6.07) is 10.5. The monoisotopic (exact) mass is 366 g/mol. The minimum Gasteiger partial charge on any atom is -0.353 e. The van der Waals surface area contributed by atoms with E-state index in [4.69, 9.17) is 0 Å². The standard InChI is InChI=1S/C19H19FN6O/c1-14-12-15(5-6-16(14)20)26-13-17(22-23-26)19(27)25-10-8-24(9-11-25)18-4-2-3-7-21-18/h2-7,12-13H,8-11H2,1H3. The van der Waals surface area contributed by atoms with Crippen molar-refractivity contribution in [3.05, 3.63) is 65.9 Å². The lowest BCUT2D eigenvalue weighted by Crippen LogP contribution is -2.49. The van der Waals surface area contributed by atoms with Gasteiger partial charge in [-0.15, -0.1) is 5.10 Å². The number of halogens is 1. The van der Waals surface area contributed by atoms with Gasteiger partial charge in [-0.05, 0) is 42.8 Å². The van der Waals surface area contributed by atoms with Crippen molar-refractivity contribution in [2.75, 3.05) is 31.1 Å². The molecule has 0 unspecified atom stereocenters. The summed E-state index contributed by atoms with van der Waals surface area (Å²) >= 11 is 0. The number of carbonyl (C=O) groups excluding carboxylic acids is 1. The Labute approximate surface area is 156 Å². The lowest BCUT2D eigenvalue weighted by Gasteiger charge is -2.34. The van der Waals surface area contributed by atoms with Crippen LogP contribution in [-0.2, 0) is 0 Å². The number of piperazine rings is 1. The molecule has 1 aromatic carbocycles. The number of anilines is 1. The van der Waals surface area contributed by atoms with E-state index in [1.165, 1.54) is 10.7 Å². The average Bonchev–Trinajstić information content (AvgIpc) is 3.20. The third-order valence-corrected chi connectivity index (χ3v) is 4.66. The van der Waals surface area contributed by atoms with E-state index in [9.17, 15) is 9.18 Å². The van der Waals surface area contributed by atoms with E-state index >= 15 is 0 Å². The van der Waals surface area contributed by atoms with Crippen LogP contribution in [0.4, 0.5) is 10.2 Å². The van der Waals surface area contributed by atoms with Crippen molar-refractivity contribution < 1.29 is 9.18 Å². The minimum absolute atomic E-state index is 0.152. The van der Waals surface area contributed by atoms with Crippen LogP contribution in [0.5, 0.6) is 0 Å². The summed E-state index contributed by atoms with van der Waals surface area (Å²) in [6.45, 7) is 4.31. The van der Waals surface area contributed by atoms with Crippen LogP contribution in [0, 0.1) is 12.7 Å². The smallest absolute Gasteiger partial charge is 0.276 e. The number of hydrogen-bond donors (Lipinski definition) is 0. The van der Waals surface area contributed by atoms with Crippen molar-refractivity contribution in [1.29, 1.82) is 0 Å². The van der Waals surface area contributed by atoms with Gasteiger partial charge in [0.05, 0.1) is 11.9 Å². The van der Waals surface area contributed by atoms with E-state index in [2.05, 4.69) is 20.2 Å². The van der Waals surface area contributed by atoms with Gasteiger partial charge in [-0.25, -0.2) is 14.1 Å². The van der Waals surface area contributed by atoms with Crippen molar-refractivity contribution in [2.24, 2.45) is 0 Å². The highest BCUT2D eigenvalue weighted by atomic mass is 19.1. The van der Waals surface area contributed by atoms with E-state index < -0.39 is 0 Å². The van der Waals surface area contributed by atoms with Gasteiger partial charge in [0.15, 0.2) is 5.69 Å². The molecule has 0 atom stereocenters. The average molecular weight is 366 g/mol. The normalized spacial score (nSPS) is 14.4. The molecular weight excluding hydrogens is 347 g/mol. The molecule has 138 valence electrons. The number of hydrogen-bond acceptors (Lipinski definition) is 5. The fraction of sp³-hybridized carbons (Fsp3) is 0.263. The number of carbonyl (C=O) groups is 1. The van der Waals surface area contributed by atoms with Crippen LogP contribution in [0.3, 0.4) is 0 Å². The lowest BCUT2D eigenvalue weighted by molar-refractivity contribution is 0.0740. The molecule has 0 saturated carbocycles. The Bertz CT molecular complexity index is 950. The second kappa shape index (κ2) is 7.14. The van der Waals surface area contributed by atoms with Crippen molar-refractivity contribution in [3.63, 3.8) is 0 Å². The number of aryl methyl sites for hydroxylation is 1. The molecule has 0 radical (unpaired) electrons. The van der Waals surface area contributed by atoms with Gasteiger partial charge < -0.3 is 9.80 Å². The Morgan fingerprint density at radius 3 is 2.63 bits per heavy atom. The molecule has 1 amide bonds. The number of amides is 1. The molecule has 3 aromatic rings. The summed E-state index contributed by atoms with van der Waals surface area (Å²) in [5, 5.41) is 8.01. The highest BCUT2D eigenvalue weighted by Crippen LogP contribution is 2.16. The summed E-state index contributed by atoms with van der Waals surface area (Å²) in [5.74, 6) is 0.490. The van der Waals surface area contributed by atoms with Crippen molar-refractivity contribution in [2.45, 2.75) is 6.92 Å². The van der Waals surface area contributed by atoms with Crippen molar-refractivity contribution in [3.8, 4) is 5.69 Å². The van der Waals surface area contributed by atoms with E-state index in [1.807, 2.05) is 18.2 Å². The zero-order valence-electron chi connectivity index (χ0n) is 14.9. The predicted molar refractivity (Wildman–Crippen MR) is 98.4 cm³/mol. The van der Waals surface area contributed by atoms with Crippen LogP contribution in [0.2, 0.25) is 0 Å². The van der Waals surface area contributed by atoms with Gasteiger partial charge in [0.1, 0.15) is 11.6 Å². The van der Waals surface area contributed by atoms with Crippen LogP contribution >= 0.6 is 0 Å². The highest BCUT2D eigenvalue weighted by Gasteiger charge is 2.24. The fourth-order valence-corrected chi connectivity index (χ4v) is 3.10. The SMILES string of the molecule is Cc1cc(-n2cc(C(=O)N3CCN(c4ccccn4)CC3)nn2)ccc1F. The lowest BCUT2D eigenvalue weighted by atomic mass is 10.2. The molecule has 3 heterocycles. The summed E-state index contributed by atoms with van der Waals surface area (Å²) in [5.41, 5.74) is 1.46. The number of benzene rings is 1. The fourth-order valence-electron chi connectivity index (χ4n) is 3.10. The number of nitrogens with zero attached hydrogens (tertiary/aromatic N) is 6. The van der Waals surface area contributed by atoms with E-state index in [0.29, 0.717) is 37.4 Å². The van der Waals surface area contributed by atoms with E-state index in [-0.39, 0.29) is 17.4 Å². The zero-order chi connectivity index (χ0) is 18.8. The van der Waals surface area contributed by atoms with Crippen LogP contribution in [0.1, 0.15) is 16.1 Å². The maximum absolute atomic E-state index is 13.4. The van der Waals surface area contributed by atoms with Gasteiger partial charge in [-0.2, -0.15) is 0 Å². The molecule has 7 nitrogen and oxygen atoms in total. The van der Waals surface area contributed by atoms with Gasteiger partial charge in [-0.1, -0.05) is 11.3 Å².